The van der Waals surface area contributed by atoms with Crippen LogP contribution in [0, 0.1) is 6.07 Å². The van der Waals surface area contributed by atoms with E-state index in [0.29, 0.717) is 0 Å². The molecule has 0 aliphatic carbocycles. The molecule has 3 nitrogen and oxygen atoms in total. The Labute approximate surface area is 110 Å². The first kappa shape index (κ1) is 13.4. The molecule has 2 rings (SSSR count). The third-order valence-corrected chi connectivity index (χ3v) is 3.65. The Balaban J connectivity index is 1.64. The number of rotatable bonds is 5. The predicted molar refractivity (Wildman–Crippen MR) is 73.9 cm³/mol. The molecule has 99 valence electrons. The number of nitrogens with zero attached hydrogens (tertiary/aromatic N) is 2. The van der Waals surface area contributed by atoms with Crippen LogP contribution in [-0.4, -0.2) is 56.2 Å². The number of likely N-dealkylation sites (tertiary alicyclic amines) is 1. The van der Waals surface area contributed by atoms with Crippen LogP contribution >= 0.6 is 0 Å². The molecule has 1 radical (unpaired) electrons. The monoisotopic (exact) mass is 247 g/mol. The van der Waals surface area contributed by atoms with Crippen molar-refractivity contribution in [2.75, 3.05) is 40.3 Å². The summed E-state index contributed by atoms with van der Waals surface area (Å²) >= 11 is 0. The molecule has 0 unspecified atom stereocenters. The summed E-state index contributed by atoms with van der Waals surface area (Å²) in [4.78, 5) is 4.84. The molecular weight excluding hydrogens is 224 g/mol. The number of benzene rings is 1. The van der Waals surface area contributed by atoms with E-state index in [4.69, 9.17) is 4.74 Å². The fraction of sp³-hybridized carbons (Fsp3) is 0.600. The molecule has 18 heavy (non-hydrogen) atoms. The number of hydrogen-bond acceptors (Lipinski definition) is 3. The molecule has 1 heterocycles. The number of piperidine rings is 1. The minimum Gasteiger partial charge on any atom is -0.492 e. The van der Waals surface area contributed by atoms with Gasteiger partial charge >= 0.3 is 0 Å². The Morgan fingerprint density at radius 1 is 1.28 bits per heavy atom. The zero-order valence-electron chi connectivity index (χ0n) is 11.4. The maximum Gasteiger partial charge on any atom is 0.119 e. The van der Waals surface area contributed by atoms with E-state index in [2.05, 4.69) is 30.0 Å². The van der Waals surface area contributed by atoms with Crippen LogP contribution < -0.4 is 4.74 Å². The fourth-order valence-corrected chi connectivity index (χ4v) is 2.42. The van der Waals surface area contributed by atoms with Crippen molar-refractivity contribution >= 4 is 0 Å². The molecule has 0 saturated carbocycles. The van der Waals surface area contributed by atoms with Crippen LogP contribution in [0.1, 0.15) is 12.8 Å². The van der Waals surface area contributed by atoms with Gasteiger partial charge < -0.3 is 9.64 Å². The van der Waals surface area contributed by atoms with Gasteiger partial charge in [-0.2, -0.15) is 0 Å². The maximum atomic E-state index is 5.71. The molecule has 1 aliphatic heterocycles. The SMILES string of the molecule is CN(C)C1CCN(CCOc2cc[c]cc2)CC1. The van der Waals surface area contributed by atoms with E-state index in [1.54, 1.807) is 0 Å². The fourth-order valence-electron chi connectivity index (χ4n) is 2.42. The molecule has 0 atom stereocenters. The van der Waals surface area contributed by atoms with Gasteiger partial charge in [-0.1, -0.05) is 12.1 Å². The van der Waals surface area contributed by atoms with Gasteiger partial charge in [0.15, 0.2) is 0 Å². The largest absolute Gasteiger partial charge is 0.492 e. The normalized spacial score (nSPS) is 18.2. The van der Waals surface area contributed by atoms with Crippen molar-refractivity contribution in [2.45, 2.75) is 18.9 Å². The van der Waals surface area contributed by atoms with Gasteiger partial charge in [-0.05, 0) is 58.2 Å². The summed E-state index contributed by atoms with van der Waals surface area (Å²) in [7, 11) is 4.35. The van der Waals surface area contributed by atoms with Gasteiger partial charge in [0.1, 0.15) is 12.4 Å². The molecule has 1 aromatic rings. The summed E-state index contributed by atoms with van der Waals surface area (Å²) in [5.74, 6) is 0.942. The van der Waals surface area contributed by atoms with Crippen molar-refractivity contribution < 1.29 is 4.74 Å². The first-order valence-corrected chi connectivity index (χ1v) is 6.73. The lowest BCUT2D eigenvalue weighted by Crippen LogP contribution is -2.43. The minimum absolute atomic E-state index is 0.756. The molecule has 1 fully saturated rings. The average molecular weight is 247 g/mol. The summed E-state index contributed by atoms with van der Waals surface area (Å²) < 4.78 is 5.71. The molecule has 1 aliphatic rings. The van der Waals surface area contributed by atoms with E-state index in [-0.39, 0.29) is 0 Å². The molecule has 0 amide bonds. The van der Waals surface area contributed by atoms with E-state index in [0.717, 1.165) is 24.9 Å². The van der Waals surface area contributed by atoms with Crippen LogP contribution in [-0.2, 0) is 0 Å². The van der Waals surface area contributed by atoms with Gasteiger partial charge in [0.25, 0.3) is 0 Å². The highest BCUT2D eigenvalue weighted by Gasteiger charge is 2.19. The molecule has 0 N–H and O–H groups in total. The molecule has 0 bridgehead atoms. The van der Waals surface area contributed by atoms with Crippen molar-refractivity contribution in [2.24, 2.45) is 0 Å². The lowest BCUT2D eigenvalue weighted by Gasteiger charge is -2.35. The smallest absolute Gasteiger partial charge is 0.119 e. The quantitative estimate of drug-likeness (QED) is 0.790. The second-order valence-corrected chi connectivity index (χ2v) is 5.12. The van der Waals surface area contributed by atoms with E-state index in [1.807, 2.05) is 24.3 Å². The highest BCUT2D eigenvalue weighted by atomic mass is 16.5. The molecule has 0 spiro atoms. The van der Waals surface area contributed by atoms with E-state index in [1.165, 1.54) is 25.9 Å². The molecule has 3 heteroatoms. The molecular formula is C15H23N2O. The summed E-state index contributed by atoms with van der Waals surface area (Å²) in [5, 5.41) is 0. The molecule has 1 aromatic carbocycles. The highest BCUT2D eigenvalue weighted by molar-refractivity contribution is 5.20. The first-order chi connectivity index (χ1) is 8.75. The Morgan fingerprint density at radius 2 is 1.94 bits per heavy atom. The Bertz CT molecular complexity index is 332. The Hall–Kier alpha value is -1.06. The van der Waals surface area contributed by atoms with Gasteiger partial charge in [-0.3, -0.25) is 4.90 Å². The van der Waals surface area contributed by atoms with Crippen LogP contribution in [0.4, 0.5) is 0 Å². The maximum absolute atomic E-state index is 5.71. The third kappa shape index (κ3) is 4.00. The van der Waals surface area contributed by atoms with Gasteiger partial charge in [0.05, 0.1) is 0 Å². The Morgan fingerprint density at radius 3 is 2.56 bits per heavy atom. The van der Waals surface area contributed by atoms with Crippen molar-refractivity contribution in [1.29, 1.82) is 0 Å². The lowest BCUT2D eigenvalue weighted by molar-refractivity contribution is 0.128. The first-order valence-electron chi connectivity index (χ1n) is 6.73. The Kier molecular flexibility index (Phi) is 5.02. The van der Waals surface area contributed by atoms with Gasteiger partial charge in [-0.25, -0.2) is 0 Å². The van der Waals surface area contributed by atoms with Crippen LogP contribution in [0.3, 0.4) is 0 Å². The summed E-state index contributed by atoms with van der Waals surface area (Å²) in [5.41, 5.74) is 0. The van der Waals surface area contributed by atoms with Crippen LogP contribution in [0.2, 0.25) is 0 Å². The van der Waals surface area contributed by atoms with Crippen molar-refractivity contribution in [3.63, 3.8) is 0 Å². The third-order valence-electron chi connectivity index (χ3n) is 3.65. The van der Waals surface area contributed by atoms with Gasteiger partial charge in [-0.15, -0.1) is 0 Å². The zero-order valence-corrected chi connectivity index (χ0v) is 11.4. The summed E-state index contributed by atoms with van der Waals surface area (Å²) in [6.45, 7) is 4.18. The molecule has 1 saturated heterocycles. The van der Waals surface area contributed by atoms with E-state index >= 15 is 0 Å². The van der Waals surface area contributed by atoms with Gasteiger partial charge in [0, 0.05) is 12.6 Å². The molecule has 0 aromatic heterocycles. The topological polar surface area (TPSA) is 15.7 Å². The van der Waals surface area contributed by atoms with Crippen molar-refractivity contribution in [3.8, 4) is 5.75 Å². The zero-order chi connectivity index (χ0) is 12.8. The number of ether oxygens (including phenoxy) is 1. The van der Waals surface area contributed by atoms with Crippen molar-refractivity contribution in [3.05, 3.63) is 30.3 Å². The van der Waals surface area contributed by atoms with Crippen LogP contribution in [0.15, 0.2) is 24.3 Å². The summed E-state index contributed by atoms with van der Waals surface area (Å²) in [6, 6.07) is 11.4. The van der Waals surface area contributed by atoms with Crippen molar-refractivity contribution in [1.82, 2.24) is 9.80 Å². The van der Waals surface area contributed by atoms with E-state index in [9.17, 15) is 0 Å². The van der Waals surface area contributed by atoms with E-state index < -0.39 is 0 Å². The summed E-state index contributed by atoms with van der Waals surface area (Å²) in [6.07, 6.45) is 2.54. The van der Waals surface area contributed by atoms with Crippen LogP contribution in [0.5, 0.6) is 5.75 Å². The van der Waals surface area contributed by atoms with Crippen LogP contribution in [0.25, 0.3) is 0 Å². The second kappa shape index (κ2) is 6.76. The second-order valence-electron chi connectivity index (χ2n) is 5.12. The lowest BCUT2D eigenvalue weighted by atomic mass is 10.0. The van der Waals surface area contributed by atoms with Gasteiger partial charge in [0.2, 0.25) is 0 Å². The minimum atomic E-state index is 0.756. The standard InChI is InChI=1S/C15H23N2O/c1-16(2)14-8-10-17(11-9-14)12-13-18-15-6-4-3-5-7-15/h4-7,14H,8-13H2,1-2H3. The number of hydrogen-bond donors (Lipinski definition) is 0. The predicted octanol–water partition coefficient (Wildman–Crippen LogP) is 1.89. The highest BCUT2D eigenvalue weighted by Crippen LogP contribution is 2.14. The average Bonchev–Trinajstić information content (AvgIpc) is 2.40.